The number of nitrogens with zero attached hydrogens (tertiary/aromatic N) is 1. The van der Waals surface area contributed by atoms with Gasteiger partial charge in [0.25, 0.3) is 5.91 Å². The van der Waals surface area contributed by atoms with Crippen LogP contribution in [0.25, 0.3) is 0 Å². The lowest BCUT2D eigenvalue weighted by Gasteiger charge is -2.17. The summed E-state index contributed by atoms with van der Waals surface area (Å²) in [4.78, 5) is 14.4. The van der Waals surface area contributed by atoms with Crippen LogP contribution < -0.4 is 4.90 Å². The van der Waals surface area contributed by atoms with Gasteiger partial charge < -0.3 is 4.90 Å². The van der Waals surface area contributed by atoms with E-state index in [0.717, 1.165) is 12.1 Å². The van der Waals surface area contributed by atoms with E-state index in [1.54, 1.807) is 4.90 Å². The van der Waals surface area contributed by atoms with Gasteiger partial charge >= 0.3 is 0 Å². The fourth-order valence-corrected chi connectivity index (χ4v) is 2.56. The molecule has 0 atom stereocenters. The molecule has 0 saturated heterocycles. The van der Waals surface area contributed by atoms with Crippen LogP contribution in [0.5, 0.6) is 0 Å². The van der Waals surface area contributed by atoms with Crippen LogP contribution in [0.1, 0.15) is 15.9 Å². The summed E-state index contributed by atoms with van der Waals surface area (Å²) in [5.74, 6) is -0.526. The van der Waals surface area contributed by atoms with Gasteiger partial charge in [-0.25, -0.2) is 4.39 Å². The molecule has 0 fully saturated rings. The summed E-state index contributed by atoms with van der Waals surface area (Å²) in [6, 6.07) is 12.1. The molecule has 1 heterocycles. The summed E-state index contributed by atoms with van der Waals surface area (Å²) < 4.78 is 13.2. The highest BCUT2D eigenvalue weighted by atomic mass is 32.1. The van der Waals surface area contributed by atoms with Crippen molar-refractivity contribution in [2.45, 2.75) is 11.3 Å². The third-order valence-corrected chi connectivity index (χ3v) is 3.67. The van der Waals surface area contributed by atoms with Crippen molar-refractivity contribution in [1.29, 1.82) is 0 Å². The highest BCUT2D eigenvalue weighted by Gasteiger charge is 2.25. The SMILES string of the molecule is O=C(c1ccc(F)c(S)c1)N1CCc2ccccc21. The zero-order chi connectivity index (χ0) is 13.4. The number of benzene rings is 2. The van der Waals surface area contributed by atoms with Gasteiger partial charge in [-0.2, -0.15) is 0 Å². The molecule has 0 saturated carbocycles. The second-order valence-corrected chi connectivity index (χ2v) is 4.98. The first-order valence-corrected chi connectivity index (χ1v) is 6.50. The van der Waals surface area contributed by atoms with Crippen LogP contribution in [0, 0.1) is 5.82 Å². The van der Waals surface area contributed by atoms with Gasteiger partial charge in [-0.1, -0.05) is 18.2 Å². The van der Waals surface area contributed by atoms with E-state index in [0.29, 0.717) is 12.1 Å². The lowest BCUT2D eigenvalue weighted by Crippen LogP contribution is -2.28. The van der Waals surface area contributed by atoms with Crippen LogP contribution in [0.2, 0.25) is 0 Å². The summed E-state index contributed by atoms with van der Waals surface area (Å²) >= 11 is 4.01. The zero-order valence-electron chi connectivity index (χ0n) is 10.1. The highest BCUT2D eigenvalue weighted by Crippen LogP contribution is 2.29. The van der Waals surface area contributed by atoms with Crippen molar-refractivity contribution in [1.82, 2.24) is 0 Å². The average molecular weight is 273 g/mol. The first-order chi connectivity index (χ1) is 9.16. The van der Waals surface area contributed by atoms with E-state index >= 15 is 0 Å². The average Bonchev–Trinajstić information content (AvgIpc) is 2.85. The van der Waals surface area contributed by atoms with Crippen LogP contribution in [0.3, 0.4) is 0 Å². The van der Waals surface area contributed by atoms with E-state index in [-0.39, 0.29) is 10.8 Å². The van der Waals surface area contributed by atoms with Crippen molar-refractivity contribution in [2.75, 3.05) is 11.4 Å². The minimum Gasteiger partial charge on any atom is -0.308 e. The van der Waals surface area contributed by atoms with Crippen LogP contribution in [0.4, 0.5) is 10.1 Å². The number of para-hydroxylation sites is 1. The predicted molar refractivity (Wildman–Crippen MR) is 75.5 cm³/mol. The van der Waals surface area contributed by atoms with E-state index < -0.39 is 5.82 Å². The topological polar surface area (TPSA) is 20.3 Å². The Morgan fingerprint density at radius 2 is 2.00 bits per heavy atom. The molecule has 0 spiro atoms. The van der Waals surface area contributed by atoms with E-state index in [1.165, 1.54) is 23.8 Å². The quantitative estimate of drug-likeness (QED) is 0.790. The second-order valence-electron chi connectivity index (χ2n) is 4.50. The summed E-state index contributed by atoms with van der Waals surface area (Å²) in [5.41, 5.74) is 2.57. The maximum absolute atomic E-state index is 13.2. The van der Waals surface area contributed by atoms with Crippen molar-refractivity contribution in [3.05, 3.63) is 59.4 Å². The Balaban J connectivity index is 1.95. The molecule has 2 nitrogen and oxygen atoms in total. The number of halogens is 1. The predicted octanol–water partition coefficient (Wildman–Crippen LogP) is 3.32. The van der Waals surface area contributed by atoms with Crippen LogP contribution in [-0.2, 0) is 6.42 Å². The fraction of sp³-hybridized carbons (Fsp3) is 0.133. The molecule has 0 bridgehead atoms. The first-order valence-electron chi connectivity index (χ1n) is 6.05. The number of fused-ring (bicyclic) bond motifs is 1. The molecular weight excluding hydrogens is 261 g/mol. The highest BCUT2D eigenvalue weighted by molar-refractivity contribution is 7.80. The van der Waals surface area contributed by atoms with Gasteiger partial charge in [0.15, 0.2) is 0 Å². The molecule has 0 aromatic heterocycles. The zero-order valence-corrected chi connectivity index (χ0v) is 11.0. The van der Waals surface area contributed by atoms with Gasteiger partial charge in [-0.05, 0) is 36.2 Å². The number of carbonyl (C=O) groups excluding carboxylic acids is 1. The maximum atomic E-state index is 13.2. The summed E-state index contributed by atoms with van der Waals surface area (Å²) in [5, 5.41) is 0. The van der Waals surface area contributed by atoms with Gasteiger partial charge in [-0.3, -0.25) is 4.79 Å². The first kappa shape index (κ1) is 12.2. The van der Waals surface area contributed by atoms with Gasteiger partial charge in [0.05, 0.1) is 0 Å². The lowest BCUT2D eigenvalue weighted by molar-refractivity contribution is 0.0989. The van der Waals surface area contributed by atoms with Crippen molar-refractivity contribution in [3.8, 4) is 0 Å². The van der Waals surface area contributed by atoms with Gasteiger partial charge in [0.2, 0.25) is 0 Å². The second kappa shape index (κ2) is 4.70. The number of hydrogen-bond acceptors (Lipinski definition) is 2. The van der Waals surface area contributed by atoms with Crippen molar-refractivity contribution >= 4 is 24.2 Å². The normalized spacial score (nSPS) is 13.5. The molecule has 0 radical (unpaired) electrons. The Labute approximate surface area is 116 Å². The van der Waals surface area contributed by atoms with E-state index in [4.69, 9.17) is 0 Å². The summed E-state index contributed by atoms with van der Waals surface area (Å²) in [7, 11) is 0. The third kappa shape index (κ3) is 2.12. The number of thiol groups is 1. The van der Waals surface area contributed by atoms with Crippen molar-refractivity contribution in [3.63, 3.8) is 0 Å². The standard InChI is InChI=1S/C15H12FNOS/c16-12-6-5-11(9-14(12)19)15(18)17-8-7-10-3-1-2-4-13(10)17/h1-6,9,19H,7-8H2. The van der Waals surface area contributed by atoms with E-state index in [2.05, 4.69) is 12.6 Å². The number of amides is 1. The molecule has 2 aromatic rings. The molecule has 3 rings (SSSR count). The molecule has 0 unspecified atom stereocenters. The van der Waals surface area contributed by atoms with Crippen LogP contribution >= 0.6 is 12.6 Å². The van der Waals surface area contributed by atoms with Crippen LogP contribution in [-0.4, -0.2) is 12.5 Å². The number of anilines is 1. The monoisotopic (exact) mass is 273 g/mol. The van der Waals surface area contributed by atoms with Gasteiger partial charge in [0, 0.05) is 22.7 Å². The molecule has 19 heavy (non-hydrogen) atoms. The fourth-order valence-electron chi connectivity index (χ4n) is 2.35. The Bertz CT molecular complexity index is 656. The van der Waals surface area contributed by atoms with Gasteiger partial charge in [-0.15, -0.1) is 12.6 Å². The largest absolute Gasteiger partial charge is 0.308 e. The maximum Gasteiger partial charge on any atom is 0.258 e. The Morgan fingerprint density at radius 3 is 2.79 bits per heavy atom. The number of carbonyl (C=O) groups is 1. The smallest absolute Gasteiger partial charge is 0.258 e. The Hall–Kier alpha value is -1.81. The molecule has 1 amide bonds. The van der Waals surface area contributed by atoms with Crippen molar-refractivity contribution < 1.29 is 9.18 Å². The molecule has 96 valence electrons. The minimum absolute atomic E-state index is 0.111. The molecular formula is C15H12FNOS. The van der Waals surface area contributed by atoms with Gasteiger partial charge in [0.1, 0.15) is 5.82 Å². The Kier molecular flexibility index (Phi) is 3.03. The van der Waals surface area contributed by atoms with E-state index in [9.17, 15) is 9.18 Å². The van der Waals surface area contributed by atoms with Crippen LogP contribution in [0.15, 0.2) is 47.4 Å². The summed E-state index contributed by atoms with van der Waals surface area (Å²) in [6.07, 6.45) is 0.858. The summed E-state index contributed by atoms with van der Waals surface area (Å²) in [6.45, 7) is 0.664. The van der Waals surface area contributed by atoms with E-state index in [1.807, 2.05) is 24.3 Å². The molecule has 1 aliphatic heterocycles. The third-order valence-electron chi connectivity index (χ3n) is 3.33. The molecule has 4 heteroatoms. The van der Waals surface area contributed by atoms with Crippen molar-refractivity contribution in [2.24, 2.45) is 0 Å². The lowest BCUT2D eigenvalue weighted by atomic mass is 10.1. The Morgan fingerprint density at radius 1 is 1.21 bits per heavy atom. The molecule has 1 aliphatic rings. The molecule has 2 aromatic carbocycles. The number of hydrogen-bond donors (Lipinski definition) is 1. The minimum atomic E-state index is -0.415. The number of rotatable bonds is 1. The molecule has 0 N–H and O–H groups in total. The molecule has 0 aliphatic carbocycles.